The fourth-order valence-corrected chi connectivity index (χ4v) is 4.35. The lowest BCUT2D eigenvalue weighted by molar-refractivity contribution is 0.351. The minimum atomic E-state index is -3.01. The molecule has 1 heterocycles. The van der Waals surface area contributed by atoms with Crippen LogP contribution in [-0.4, -0.2) is 56.0 Å². The van der Waals surface area contributed by atoms with E-state index in [1.165, 1.54) is 6.42 Å². The zero-order valence-corrected chi connectivity index (χ0v) is 17.6. The Morgan fingerprint density at radius 1 is 1.39 bits per heavy atom. The maximum atomic E-state index is 12.1. The molecule has 5 nitrogen and oxygen atoms in total. The van der Waals surface area contributed by atoms with Gasteiger partial charge in [-0.2, -0.15) is 0 Å². The SMILES string of the molecule is CCNC(=NCC1CC=CCC1)N1CCS(=O)(=O)C(C)(C)C1.I. The number of halogens is 1. The van der Waals surface area contributed by atoms with Crippen LogP contribution >= 0.6 is 24.0 Å². The second kappa shape index (κ2) is 8.69. The van der Waals surface area contributed by atoms with Gasteiger partial charge in [-0.15, -0.1) is 24.0 Å². The average molecular weight is 455 g/mol. The van der Waals surface area contributed by atoms with Gasteiger partial charge in [0.2, 0.25) is 0 Å². The Bertz CT molecular complexity index is 544. The highest BCUT2D eigenvalue weighted by molar-refractivity contribution is 14.0. The van der Waals surface area contributed by atoms with E-state index in [1.54, 1.807) is 0 Å². The van der Waals surface area contributed by atoms with E-state index in [9.17, 15) is 8.42 Å². The first kappa shape index (κ1) is 20.7. The number of hydrogen-bond acceptors (Lipinski definition) is 3. The smallest absolute Gasteiger partial charge is 0.194 e. The Morgan fingerprint density at radius 3 is 2.70 bits per heavy atom. The molecule has 0 aromatic carbocycles. The van der Waals surface area contributed by atoms with Gasteiger partial charge in [0.1, 0.15) is 0 Å². The lowest BCUT2D eigenvalue weighted by atomic mass is 9.95. The van der Waals surface area contributed by atoms with Crippen molar-refractivity contribution < 1.29 is 8.42 Å². The maximum Gasteiger partial charge on any atom is 0.194 e. The van der Waals surface area contributed by atoms with Gasteiger partial charge in [0.05, 0.1) is 10.5 Å². The molecule has 0 spiro atoms. The van der Waals surface area contributed by atoms with Crippen LogP contribution in [0.15, 0.2) is 17.1 Å². The standard InChI is InChI=1S/C16H29N3O2S.HI/c1-4-17-15(18-12-14-8-6-5-7-9-14)19-10-11-22(20,21)16(2,3)13-19;/h5-6,14H,4,7-13H2,1-3H3,(H,17,18);1H. The summed E-state index contributed by atoms with van der Waals surface area (Å²) in [5.74, 6) is 1.68. The third-order valence-electron chi connectivity index (χ3n) is 4.55. The van der Waals surface area contributed by atoms with E-state index in [0.717, 1.165) is 31.9 Å². The van der Waals surface area contributed by atoms with Crippen LogP contribution < -0.4 is 5.32 Å². The van der Waals surface area contributed by atoms with Crippen molar-refractivity contribution >= 4 is 39.8 Å². The molecule has 23 heavy (non-hydrogen) atoms. The van der Waals surface area contributed by atoms with Gasteiger partial charge >= 0.3 is 0 Å². The van der Waals surface area contributed by atoms with Crippen LogP contribution in [0.5, 0.6) is 0 Å². The zero-order chi connectivity index (χ0) is 16.2. The molecule has 0 amide bonds. The van der Waals surface area contributed by atoms with Crippen molar-refractivity contribution in [2.75, 3.05) is 31.9 Å². The van der Waals surface area contributed by atoms with E-state index in [2.05, 4.69) is 22.4 Å². The topological polar surface area (TPSA) is 61.8 Å². The van der Waals surface area contributed by atoms with Crippen molar-refractivity contribution in [1.29, 1.82) is 0 Å². The van der Waals surface area contributed by atoms with Crippen molar-refractivity contribution in [3.05, 3.63) is 12.2 Å². The molecule has 1 aliphatic carbocycles. The molecular formula is C16H30IN3O2S. The first-order valence-electron chi connectivity index (χ1n) is 8.26. The number of hydrogen-bond donors (Lipinski definition) is 1. The van der Waals surface area contributed by atoms with Crippen molar-refractivity contribution in [3.63, 3.8) is 0 Å². The summed E-state index contributed by atoms with van der Waals surface area (Å²) in [7, 11) is -3.01. The second-order valence-corrected chi connectivity index (χ2v) is 9.59. The number of aliphatic imine (C=N–C) groups is 1. The quantitative estimate of drug-likeness (QED) is 0.308. The van der Waals surface area contributed by atoms with Gasteiger partial charge < -0.3 is 10.2 Å². The number of nitrogens with zero attached hydrogens (tertiary/aromatic N) is 2. The van der Waals surface area contributed by atoms with Crippen LogP contribution in [0.4, 0.5) is 0 Å². The van der Waals surface area contributed by atoms with Gasteiger partial charge in [-0.05, 0) is 46.0 Å². The van der Waals surface area contributed by atoms with E-state index in [-0.39, 0.29) is 29.7 Å². The number of rotatable bonds is 3. The van der Waals surface area contributed by atoms with Gasteiger partial charge in [-0.3, -0.25) is 4.99 Å². The van der Waals surface area contributed by atoms with E-state index in [0.29, 0.717) is 19.0 Å². The summed E-state index contributed by atoms with van der Waals surface area (Å²) >= 11 is 0. The van der Waals surface area contributed by atoms with Crippen LogP contribution in [0.2, 0.25) is 0 Å². The van der Waals surface area contributed by atoms with Crippen LogP contribution in [0.25, 0.3) is 0 Å². The van der Waals surface area contributed by atoms with Crippen molar-refractivity contribution in [1.82, 2.24) is 10.2 Å². The summed E-state index contributed by atoms with van der Waals surface area (Å²) in [5.41, 5.74) is 0. The van der Waals surface area contributed by atoms with Crippen LogP contribution in [0, 0.1) is 5.92 Å². The van der Waals surface area contributed by atoms with E-state index in [1.807, 2.05) is 20.8 Å². The first-order valence-corrected chi connectivity index (χ1v) is 9.91. The third-order valence-corrected chi connectivity index (χ3v) is 7.09. The predicted octanol–water partition coefficient (Wildman–Crippen LogP) is 2.44. The van der Waals surface area contributed by atoms with E-state index >= 15 is 0 Å². The van der Waals surface area contributed by atoms with Crippen molar-refractivity contribution in [2.45, 2.75) is 44.8 Å². The molecule has 1 unspecified atom stereocenters. The van der Waals surface area contributed by atoms with Crippen molar-refractivity contribution in [2.24, 2.45) is 10.9 Å². The Labute approximate surface area is 157 Å². The summed E-state index contributed by atoms with van der Waals surface area (Å²) in [6, 6.07) is 0. The van der Waals surface area contributed by atoms with Gasteiger partial charge in [0.25, 0.3) is 0 Å². The summed E-state index contributed by atoms with van der Waals surface area (Å²) in [5, 5.41) is 3.32. The van der Waals surface area contributed by atoms with Crippen LogP contribution in [-0.2, 0) is 9.84 Å². The molecule has 2 rings (SSSR count). The molecule has 0 bridgehead atoms. The molecule has 1 fully saturated rings. The fraction of sp³-hybridized carbons (Fsp3) is 0.812. The van der Waals surface area contributed by atoms with Gasteiger partial charge in [0, 0.05) is 26.2 Å². The van der Waals surface area contributed by atoms with Gasteiger partial charge in [-0.1, -0.05) is 12.2 Å². The molecule has 2 aliphatic rings. The third kappa shape index (κ3) is 5.34. The second-order valence-electron chi connectivity index (χ2n) is 6.85. The molecule has 0 radical (unpaired) electrons. The highest BCUT2D eigenvalue weighted by Crippen LogP contribution is 2.24. The number of nitrogens with one attached hydrogen (secondary N) is 1. The Kier molecular flexibility index (Phi) is 7.83. The Morgan fingerprint density at radius 2 is 2.13 bits per heavy atom. The number of sulfone groups is 1. The molecule has 134 valence electrons. The molecule has 7 heteroatoms. The van der Waals surface area contributed by atoms with Crippen LogP contribution in [0.3, 0.4) is 0 Å². The minimum absolute atomic E-state index is 0. The predicted molar refractivity (Wildman–Crippen MR) is 107 cm³/mol. The first-order chi connectivity index (χ1) is 10.4. The molecule has 1 N–H and O–H groups in total. The van der Waals surface area contributed by atoms with Gasteiger partial charge in [-0.25, -0.2) is 8.42 Å². The minimum Gasteiger partial charge on any atom is -0.357 e. The van der Waals surface area contributed by atoms with E-state index in [4.69, 9.17) is 4.99 Å². The molecule has 0 aromatic heterocycles. The largest absolute Gasteiger partial charge is 0.357 e. The monoisotopic (exact) mass is 455 g/mol. The molecule has 0 saturated carbocycles. The highest BCUT2D eigenvalue weighted by Gasteiger charge is 2.40. The summed E-state index contributed by atoms with van der Waals surface area (Å²) < 4.78 is 23.6. The zero-order valence-electron chi connectivity index (χ0n) is 14.4. The molecular weight excluding hydrogens is 425 g/mol. The van der Waals surface area contributed by atoms with Crippen molar-refractivity contribution in [3.8, 4) is 0 Å². The number of guanidine groups is 1. The lowest BCUT2D eigenvalue weighted by Gasteiger charge is -2.39. The molecule has 1 saturated heterocycles. The van der Waals surface area contributed by atoms with Gasteiger partial charge in [0.15, 0.2) is 15.8 Å². The van der Waals surface area contributed by atoms with Crippen LogP contribution in [0.1, 0.15) is 40.0 Å². The molecule has 1 atom stereocenters. The summed E-state index contributed by atoms with van der Waals surface area (Å²) in [6.07, 6.45) is 7.92. The Balaban J connectivity index is 0.00000264. The normalized spacial score (nSPS) is 26.5. The van der Waals surface area contributed by atoms with E-state index < -0.39 is 14.6 Å². The molecule has 0 aromatic rings. The lowest BCUT2D eigenvalue weighted by Crippen LogP contribution is -2.57. The summed E-state index contributed by atoms with van der Waals surface area (Å²) in [4.78, 5) is 6.88. The maximum absolute atomic E-state index is 12.1. The Hall–Kier alpha value is -0.310. The number of allylic oxidation sites excluding steroid dienone is 2. The highest BCUT2D eigenvalue weighted by atomic mass is 127. The average Bonchev–Trinajstić information content (AvgIpc) is 2.47. The summed E-state index contributed by atoms with van der Waals surface area (Å²) in [6.45, 7) is 8.32. The fourth-order valence-electron chi connectivity index (χ4n) is 2.99. The molecule has 1 aliphatic heterocycles.